The number of hydrogen-bond donors (Lipinski definition) is 1. The molecule has 1 aliphatic carbocycles. The van der Waals surface area contributed by atoms with Crippen molar-refractivity contribution >= 4 is 0 Å². The van der Waals surface area contributed by atoms with Gasteiger partial charge in [-0.25, -0.2) is 0 Å². The first kappa shape index (κ1) is 10.4. The molecule has 1 heterocycles. The maximum absolute atomic E-state index is 5.92. The fourth-order valence-electron chi connectivity index (χ4n) is 3.28. The molecule has 2 N–H and O–H groups in total. The number of nitrogens with two attached hydrogens (primary N) is 1. The Morgan fingerprint density at radius 1 is 1.21 bits per heavy atom. The molecule has 0 spiro atoms. The molecular weight excluding hydrogens is 172 g/mol. The summed E-state index contributed by atoms with van der Waals surface area (Å²) in [6, 6.07) is 0.847. The molecule has 0 aromatic rings. The van der Waals surface area contributed by atoms with Crippen LogP contribution < -0.4 is 5.73 Å². The van der Waals surface area contributed by atoms with Gasteiger partial charge in [-0.3, -0.25) is 4.90 Å². The van der Waals surface area contributed by atoms with E-state index < -0.39 is 0 Å². The van der Waals surface area contributed by atoms with Crippen LogP contribution in [0.2, 0.25) is 0 Å². The molecule has 1 aliphatic heterocycles. The van der Waals surface area contributed by atoms with Crippen molar-refractivity contribution in [3.63, 3.8) is 0 Å². The van der Waals surface area contributed by atoms with Crippen molar-refractivity contribution in [3.8, 4) is 0 Å². The molecule has 1 unspecified atom stereocenters. The monoisotopic (exact) mass is 196 g/mol. The maximum Gasteiger partial charge on any atom is 0.0307 e. The lowest BCUT2D eigenvalue weighted by Crippen LogP contribution is -2.52. The zero-order valence-corrected chi connectivity index (χ0v) is 9.47. The zero-order valence-electron chi connectivity index (χ0n) is 9.47. The molecule has 0 amide bonds. The molecule has 0 radical (unpaired) electrons. The Labute approximate surface area is 87.8 Å². The third-order valence-corrected chi connectivity index (χ3v) is 4.26. The highest BCUT2D eigenvalue weighted by molar-refractivity contribution is 4.96. The molecule has 1 saturated heterocycles. The van der Waals surface area contributed by atoms with Gasteiger partial charge in [-0.05, 0) is 39.2 Å². The average Bonchev–Trinajstić information content (AvgIpc) is 2.63. The zero-order chi connectivity index (χ0) is 10.0. The van der Waals surface area contributed by atoms with Crippen molar-refractivity contribution in [2.24, 2.45) is 5.73 Å². The number of rotatable bonds is 2. The van der Waals surface area contributed by atoms with Crippen LogP contribution in [0, 0.1) is 0 Å². The fraction of sp³-hybridized carbons (Fsp3) is 1.00. The van der Waals surface area contributed by atoms with Crippen molar-refractivity contribution in [3.05, 3.63) is 0 Å². The summed E-state index contributed by atoms with van der Waals surface area (Å²) in [5, 5.41) is 0. The molecule has 2 heteroatoms. The standard InChI is InChI=1S/C12H24N2/c1-12(10-13)8-5-9-14(12)11-6-3-2-4-7-11/h11H,2-10,13H2,1H3. The maximum atomic E-state index is 5.92. The summed E-state index contributed by atoms with van der Waals surface area (Å²) in [5.41, 5.74) is 6.24. The summed E-state index contributed by atoms with van der Waals surface area (Å²) in [4.78, 5) is 2.71. The van der Waals surface area contributed by atoms with Crippen molar-refractivity contribution in [1.82, 2.24) is 4.90 Å². The Kier molecular flexibility index (Phi) is 3.13. The van der Waals surface area contributed by atoms with E-state index in [9.17, 15) is 0 Å². The fourth-order valence-corrected chi connectivity index (χ4v) is 3.28. The normalized spacial score (nSPS) is 36.4. The van der Waals surface area contributed by atoms with Gasteiger partial charge in [0, 0.05) is 18.1 Å². The van der Waals surface area contributed by atoms with E-state index in [0.29, 0.717) is 5.54 Å². The molecule has 2 rings (SSSR count). The second kappa shape index (κ2) is 4.19. The van der Waals surface area contributed by atoms with E-state index in [4.69, 9.17) is 5.73 Å². The second-order valence-corrected chi connectivity index (χ2v) is 5.29. The van der Waals surface area contributed by atoms with Gasteiger partial charge < -0.3 is 5.73 Å². The van der Waals surface area contributed by atoms with Gasteiger partial charge in [0.05, 0.1) is 0 Å². The quantitative estimate of drug-likeness (QED) is 0.733. The van der Waals surface area contributed by atoms with Gasteiger partial charge in [-0.1, -0.05) is 19.3 Å². The van der Waals surface area contributed by atoms with E-state index in [1.54, 1.807) is 0 Å². The largest absolute Gasteiger partial charge is 0.329 e. The van der Waals surface area contributed by atoms with E-state index in [2.05, 4.69) is 11.8 Å². The summed E-state index contributed by atoms with van der Waals surface area (Å²) in [6.07, 6.45) is 9.79. The van der Waals surface area contributed by atoms with Gasteiger partial charge in [0.1, 0.15) is 0 Å². The first-order valence-corrected chi connectivity index (χ1v) is 6.23. The SMILES string of the molecule is CC1(CN)CCCN1C1CCCCC1. The molecule has 0 aromatic carbocycles. The Bertz CT molecular complexity index is 187. The minimum atomic E-state index is 0.321. The van der Waals surface area contributed by atoms with Gasteiger partial charge in [0.15, 0.2) is 0 Å². The van der Waals surface area contributed by atoms with E-state index >= 15 is 0 Å². The highest BCUT2D eigenvalue weighted by atomic mass is 15.2. The number of likely N-dealkylation sites (tertiary alicyclic amines) is 1. The predicted molar refractivity (Wildman–Crippen MR) is 60.3 cm³/mol. The molecule has 1 saturated carbocycles. The van der Waals surface area contributed by atoms with Crippen LogP contribution in [-0.2, 0) is 0 Å². The first-order chi connectivity index (χ1) is 6.76. The van der Waals surface area contributed by atoms with E-state index in [1.807, 2.05) is 0 Å². The Hall–Kier alpha value is -0.0800. The molecular formula is C12H24N2. The highest BCUT2D eigenvalue weighted by Gasteiger charge is 2.39. The van der Waals surface area contributed by atoms with Crippen LogP contribution in [0.15, 0.2) is 0 Å². The second-order valence-electron chi connectivity index (χ2n) is 5.29. The molecule has 0 aromatic heterocycles. The molecule has 2 fully saturated rings. The Balaban J connectivity index is 2.01. The predicted octanol–water partition coefficient (Wildman–Crippen LogP) is 2.13. The molecule has 2 aliphatic rings. The van der Waals surface area contributed by atoms with Crippen molar-refractivity contribution in [2.75, 3.05) is 13.1 Å². The van der Waals surface area contributed by atoms with Gasteiger partial charge in [-0.2, -0.15) is 0 Å². The molecule has 2 nitrogen and oxygen atoms in total. The number of hydrogen-bond acceptors (Lipinski definition) is 2. The summed E-state index contributed by atoms with van der Waals surface area (Å²) in [7, 11) is 0. The van der Waals surface area contributed by atoms with Crippen LogP contribution in [0.3, 0.4) is 0 Å². The van der Waals surface area contributed by atoms with Crippen LogP contribution in [0.5, 0.6) is 0 Å². The highest BCUT2D eigenvalue weighted by Crippen LogP contribution is 2.34. The Morgan fingerprint density at radius 2 is 1.93 bits per heavy atom. The summed E-state index contributed by atoms with van der Waals surface area (Å²) < 4.78 is 0. The van der Waals surface area contributed by atoms with Gasteiger partial charge in [0.2, 0.25) is 0 Å². The van der Waals surface area contributed by atoms with Crippen molar-refractivity contribution in [2.45, 2.75) is 63.5 Å². The van der Waals surface area contributed by atoms with Crippen molar-refractivity contribution in [1.29, 1.82) is 0 Å². The van der Waals surface area contributed by atoms with Gasteiger partial charge in [0.25, 0.3) is 0 Å². The topological polar surface area (TPSA) is 29.3 Å². The van der Waals surface area contributed by atoms with E-state index in [0.717, 1.165) is 12.6 Å². The number of nitrogens with zero attached hydrogens (tertiary/aromatic N) is 1. The lowest BCUT2D eigenvalue weighted by atomic mass is 9.90. The molecule has 14 heavy (non-hydrogen) atoms. The lowest BCUT2D eigenvalue weighted by Gasteiger charge is -2.41. The van der Waals surface area contributed by atoms with E-state index in [-0.39, 0.29) is 0 Å². The third-order valence-electron chi connectivity index (χ3n) is 4.26. The van der Waals surface area contributed by atoms with Crippen LogP contribution in [-0.4, -0.2) is 29.6 Å². The first-order valence-electron chi connectivity index (χ1n) is 6.23. The summed E-state index contributed by atoms with van der Waals surface area (Å²) in [6.45, 7) is 4.48. The van der Waals surface area contributed by atoms with Crippen LogP contribution >= 0.6 is 0 Å². The minimum Gasteiger partial charge on any atom is -0.329 e. The van der Waals surface area contributed by atoms with Crippen LogP contribution in [0.25, 0.3) is 0 Å². The smallest absolute Gasteiger partial charge is 0.0307 e. The average molecular weight is 196 g/mol. The van der Waals surface area contributed by atoms with Gasteiger partial charge in [-0.15, -0.1) is 0 Å². The van der Waals surface area contributed by atoms with Crippen molar-refractivity contribution < 1.29 is 0 Å². The molecule has 0 bridgehead atoms. The van der Waals surface area contributed by atoms with Crippen LogP contribution in [0.4, 0.5) is 0 Å². The molecule has 1 atom stereocenters. The minimum absolute atomic E-state index is 0.321. The summed E-state index contributed by atoms with van der Waals surface area (Å²) in [5.74, 6) is 0. The summed E-state index contributed by atoms with van der Waals surface area (Å²) >= 11 is 0. The Morgan fingerprint density at radius 3 is 2.57 bits per heavy atom. The third kappa shape index (κ3) is 1.82. The van der Waals surface area contributed by atoms with Crippen LogP contribution in [0.1, 0.15) is 51.9 Å². The molecule has 82 valence electrons. The van der Waals surface area contributed by atoms with Gasteiger partial charge >= 0.3 is 0 Å². The lowest BCUT2D eigenvalue weighted by molar-refractivity contribution is 0.0826. The van der Waals surface area contributed by atoms with E-state index in [1.165, 1.54) is 51.5 Å².